The maximum atomic E-state index is 5.59. The molecule has 1 aliphatic rings. The van der Waals surface area contributed by atoms with Crippen molar-refractivity contribution in [3.63, 3.8) is 0 Å². The first kappa shape index (κ1) is 12.0. The molecule has 0 aliphatic carbocycles. The fraction of sp³-hybridized carbons (Fsp3) is 0.818. The largest absolute Gasteiger partial charge is 0.313 e. The summed E-state index contributed by atoms with van der Waals surface area (Å²) in [5.41, 5.74) is 2.86. The van der Waals surface area contributed by atoms with Crippen LogP contribution in [0.3, 0.4) is 0 Å². The van der Waals surface area contributed by atoms with Gasteiger partial charge in [0, 0.05) is 18.6 Å². The molecule has 1 unspecified atom stereocenters. The summed E-state index contributed by atoms with van der Waals surface area (Å²) in [6, 6.07) is 0. The van der Waals surface area contributed by atoms with Gasteiger partial charge in [-0.05, 0) is 51.4 Å². The highest BCUT2D eigenvalue weighted by atomic mass is 35.5. The molecule has 82 valence electrons. The van der Waals surface area contributed by atoms with Gasteiger partial charge in [-0.3, -0.25) is 0 Å². The molecule has 1 fully saturated rings. The Morgan fingerprint density at radius 1 is 1.64 bits per heavy atom. The molecular weight excluding hydrogens is 196 g/mol. The third-order valence-corrected chi connectivity index (χ3v) is 3.12. The molecule has 0 spiro atoms. The van der Waals surface area contributed by atoms with Crippen molar-refractivity contribution in [2.45, 2.75) is 19.8 Å². The van der Waals surface area contributed by atoms with Gasteiger partial charge in [0.25, 0.3) is 0 Å². The van der Waals surface area contributed by atoms with Gasteiger partial charge < -0.3 is 10.2 Å². The number of piperidine rings is 1. The Morgan fingerprint density at radius 3 is 3.07 bits per heavy atom. The van der Waals surface area contributed by atoms with Crippen molar-refractivity contribution >= 4 is 11.6 Å². The average molecular weight is 217 g/mol. The number of rotatable bonds is 4. The van der Waals surface area contributed by atoms with Crippen molar-refractivity contribution in [2.24, 2.45) is 5.92 Å². The third-order valence-electron chi connectivity index (χ3n) is 2.75. The Hall–Kier alpha value is -0.0500. The molecule has 0 bridgehead atoms. The van der Waals surface area contributed by atoms with E-state index in [1.807, 2.05) is 6.92 Å². The lowest BCUT2D eigenvalue weighted by atomic mass is 9.98. The van der Waals surface area contributed by atoms with E-state index in [1.54, 1.807) is 5.54 Å². The van der Waals surface area contributed by atoms with Crippen LogP contribution in [-0.2, 0) is 0 Å². The Balaban J connectivity index is 2.11. The first-order valence-corrected chi connectivity index (χ1v) is 5.81. The van der Waals surface area contributed by atoms with E-state index in [2.05, 4.69) is 17.3 Å². The van der Waals surface area contributed by atoms with Crippen molar-refractivity contribution < 1.29 is 0 Å². The third kappa shape index (κ3) is 4.45. The molecule has 0 aromatic rings. The SMILES string of the molecule is CC(=CCl)CNCC1CCCN(C)C1. The first-order valence-electron chi connectivity index (χ1n) is 5.37. The second-order valence-corrected chi connectivity index (χ2v) is 4.58. The Labute approximate surface area is 92.3 Å². The van der Waals surface area contributed by atoms with Gasteiger partial charge in [-0.1, -0.05) is 11.6 Å². The average Bonchev–Trinajstić information content (AvgIpc) is 2.17. The maximum Gasteiger partial charge on any atom is 0.0173 e. The van der Waals surface area contributed by atoms with Crippen LogP contribution >= 0.6 is 11.6 Å². The lowest BCUT2D eigenvalue weighted by Crippen LogP contribution is -2.37. The van der Waals surface area contributed by atoms with Crippen molar-refractivity contribution in [3.05, 3.63) is 11.1 Å². The van der Waals surface area contributed by atoms with Crippen molar-refractivity contribution in [3.8, 4) is 0 Å². The summed E-state index contributed by atoms with van der Waals surface area (Å²) in [6.07, 6.45) is 2.70. The molecule has 0 amide bonds. The Morgan fingerprint density at radius 2 is 2.43 bits per heavy atom. The molecular formula is C11H21ClN2. The van der Waals surface area contributed by atoms with Crippen LogP contribution in [0, 0.1) is 5.92 Å². The van der Waals surface area contributed by atoms with Crippen LogP contribution < -0.4 is 5.32 Å². The molecule has 1 heterocycles. The van der Waals surface area contributed by atoms with Crippen LogP contribution in [0.25, 0.3) is 0 Å². The number of nitrogens with zero attached hydrogens (tertiary/aromatic N) is 1. The number of halogens is 1. The second-order valence-electron chi connectivity index (χ2n) is 4.36. The van der Waals surface area contributed by atoms with E-state index in [0.717, 1.165) is 19.0 Å². The number of hydrogen-bond donors (Lipinski definition) is 1. The van der Waals surface area contributed by atoms with Crippen molar-refractivity contribution in [2.75, 3.05) is 33.2 Å². The topological polar surface area (TPSA) is 15.3 Å². The molecule has 14 heavy (non-hydrogen) atoms. The van der Waals surface area contributed by atoms with Crippen molar-refractivity contribution in [1.82, 2.24) is 10.2 Å². The normalized spacial score (nSPS) is 25.4. The molecule has 1 N–H and O–H groups in total. The molecule has 0 aromatic carbocycles. The molecule has 1 atom stereocenters. The molecule has 3 heteroatoms. The monoisotopic (exact) mass is 216 g/mol. The summed E-state index contributed by atoms with van der Waals surface area (Å²) >= 11 is 5.59. The lowest BCUT2D eigenvalue weighted by Gasteiger charge is -2.29. The molecule has 1 saturated heterocycles. The minimum absolute atomic E-state index is 0.817. The van der Waals surface area contributed by atoms with Crippen LogP contribution in [0.1, 0.15) is 19.8 Å². The van der Waals surface area contributed by atoms with E-state index in [1.165, 1.54) is 31.5 Å². The molecule has 0 radical (unpaired) electrons. The molecule has 2 nitrogen and oxygen atoms in total. The minimum Gasteiger partial charge on any atom is -0.313 e. The van der Waals surface area contributed by atoms with Gasteiger partial charge >= 0.3 is 0 Å². The van der Waals surface area contributed by atoms with Gasteiger partial charge in [0.05, 0.1) is 0 Å². The van der Waals surface area contributed by atoms with Crippen LogP contribution in [0.4, 0.5) is 0 Å². The molecule has 0 aromatic heterocycles. The molecule has 1 aliphatic heterocycles. The zero-order valence-corrected chi connectivity index (χ0v) is 9.98. The van der Waals surface area contributed by atoms with Gasteiger partial charge in [0.2, 0.25) is 0 Å². The Kier molecular flexibility index (Phi) is 5.53. The van der Waals surface area contributed by atoms with Crippen LogP contribution in [-0.4, -0.2) is 38.1 Å². The predicted octanol–water partition coefficient (Wildman–Crippen LogP) is 2.06. The number of hydrogen-bond acceptors (Lipinski definition) is 2. The van der Waals surface area contributed by atoms with Gasteiger partial charge in [-0.15, -0.1) is 0 Å². The van der Waals surface area contributed by atoms with E-state index in [0.29, 0.717) is 0 Å². The quantitative estimate of drug-likeness (QED) is 0.774. The highest BCUT2D eigenvalue weighted by molar-refractivity contribution is 6.25. The summed E-state index contributed by atoms with van der Waals surface area (Å²) in [7, 11) is 2.20. The second kappa shape index (κ2) is 6.44. The van der Waals surface area contributed by atoms with Gasteiger partial charge in [0.1, 0.15) is 0 Å². The maximum absolute atomic E-state index is 5.59. The summed E-state index contributed by atoms with van der Waals surface area (Å²) in [6.45, 7) is 6.58. The predicted molar refractivity (Wildman–Crippen MR) is 62.7 cm³/mol. The highest BCUT2D eigenvalue weighted by Crippen LogP contribution is 2.13. The first-order chi connectivity index (χ1) is 6.72. The van der Waals surface area contributed by atoms with Crippen LogP contribution in [0.15, 0.2) is 11.1 Å². The minimum atomic E-state index is 0.817. The van der Waals surface area contributed by atoms with Gasteiger partial charge in [0.15, 0.2) is 0 Å². The zero-order valence-electron chi connectivity index (χ0n) is 9.22. The smallest absolute Gasteiger partial charge is 0.0173 e. The van der Waals surface area contributed by atoms with E-state index in [4.69, 9.17) is 11.6 Å². The number of likely N-dealkylation sites (tertiary alicyclic amines) is 1. The van der Waals surface area contributed by atoms with E-state index in [9.17, 15) is 0 Å². The van der Waals surface area contributed by atoms with Crippen LogP contribution in [0.5, 0.6) is 0 Å². The Bertz CT molecular complexity index is 192. The van der Waals surface area contributed by atoms with Gasteiger partial charge in [-0.25, -0.2) is 0 Å². The standard InChI is InChI=1S/C11H21ClN2/c1-10(6-12)7-13-8-11-4-3-5-14(2)9-11/h6,11,13H,3-5,7-9H2,1-2H3. The lowest BCUT2D eigenvalue weighted by molar-refractivity contribution is 0.207. The van der Waals surface area contributed by atoms with E-state index >= 15 is 0 Å². The summed E-state index contributed by atoms with van der Waals surface area (Å²) in [5, 5.41) is 3.45. The fourth-order valence-electron chi connectivity index (χ4n) is 1.95. The number of nitrogens with one attached hydrogen (secondary N) is 1. The summed E-state index contributed by atoms with van der Waals surface area (Å²) < 4.78 is 0. The summed E-state index contributed by atoms with van der Waals surface area (Å²) in [4.78, 5) is 2.42. The fourth-order valence-corrected chi connectivity index (χ4v) is 2.03. The van der Waals surface area contributed by atoms with E-state index < -0.39 is 0 Å². The molecule has 0 saturated carbocycles. The molecule has 1 rings (SSSR count). The van der Waals surface area contributed by atoms with Crippen molar-refractivity contribution in [1.29, 1.82) is 0 Å². The van der Waals surface area contributed by atoms with Gasteiger partial charge in [-0.2, -0.15) is 0 Å². The van der Waals surface area contributed by atoms with Crippen LogP contribution in [0.2, 0.25) is 0 Å². The highest BCUT2D eigenvalue weighted by Gasteiger charge is 2.16. The summed E-state index contributed by atoms with van der Waals surface area (Å²) in [5.74, 6) is 0.817. The zero-order chi connectivity index (χ0) is 10.4. The van der Waals surface area contributed by atoms with E-state index in [-0.39, 0.29) is 0 Å².